The van der Waals surface area contributed by atoms with E-state index in [0.717, 1.165) is 5.56 Å². The van der Waals surface area contributed by atoms with Crippen molar-refractivity contribution >= 4 is 5.97 Å². The fourth-order valence-corrected chi connectivity index (χ4v) is 1.12. The van der Waals surface area contributed by atoms with E-state index in [2.05, 4.69) is 4.74 Å². The zero-order valence-electron chi connectivity index (χ0n) is 7.91. The highest BCUT2D eigenvalue weighted by Gasteiger charge is 2.02. The first-order chi connectivity index (χ1) is 6.83. The highest BCUT2D eigenvalue weighted by atomic mass is 19.1. The van der Waals surface area contributed by atoms with E-state index in [9.17, 15) is 9.18 Å². The Balaban J connectivity index is 2.24. The first-order valence-electron chi connectivity index (χ1n) is 4.58. The average molecular weight is 196 g/mol. The quantitative estimate of drug-likeness (QED) is 0.674. The fourth-order valence-electron chi connectivity index (χ4n) is 1.12. The zero-order valence-corrected chi connectivity index (χ0v) is 7.91. The summed E-state index contributed by atoms with van der Waals surface area (Å²) in [5.74, 6) is -0.341. The Labute approximate surface area is 82.7 Å². The van der Waals surface area contributed by atoms with Gasteiger partial charge in [0, 0.05) is 6.42 Å². The first-order valence-corrected chi connectivity index (χ1v) is 4.58. The third-order valence-electron chi connectivity index (χ3n) is 1.80. The van der Waals surface area contributed by atoms with Gasteiger partial charge in [-0.3, -0.25) is 4.79 Å². The van der Waals surface area contributed by atoms with Gasteiger partial charge < -0.3 is 4.74 Å². The molecule has 3 heteroatoms. The SMILES string of the molecule is O=C(CCc1ccccc1)OCCF. The van der Waals surface area contributed by atoms with Gasteiger partial charge in [0.05, 0.1) is 0 Å². The fraction of sp³-hybridized carbons (Fsp3) is 0.364. The topological polar surface area (TPSA) is 26.3 Å². The maximum absolute atomic E-state index is 11.6. The third kappa shape index (κ3) is 4.03. The standard InChI is InChI=1S/C11H13FO2/c12-8-9-14-11(13)7-6-10-4-2-1-3-5-10/h1-5H,6-9H2. The van der Waals surface area contributed by atoms with Gasteiger partial charge in [0.1, 0.15) is 13.3 Å². The van der Waals surface area contributed by atoms with E-state index in [-0.39, 0.29) is 12.6 Å². The van der Waals surface area contributed by atoms with Gasteiger partial charge in [0.2, 0.25) is 0 Å². The molecular weight excluding hydrogens is 183 g/mol. The van der Waals surface area contributed by atoms with E-state index < -0.39 is 6.67 Å². The van der Waals surface area contributed by atoms with Gasteiger partial charge in [-0.1, -0.05) is 30.3 Å². The number of carbonyl (C=O) groups is 1. The van der Waals surface area contributed by atoms with Gasteiger partial charge in [-0.05, 0) is 12.0 Å². The summed E-state index contributed by atoms with van der Waals surface area (Å²) in [6.45, 7) is -0.745. The van der Waals surface area contributed by atoms with Crippen molar-refractivity contribution in [2.24, 2.45) is 0 Å². The van der Waals surface area contributed by atoms with Crippen LogP contribution in [0.5, 0.6) is 0 Å². The van der Waals surface area contributed by atoms with Crippen LogP contribution in [0, 0.1) is 0 Å². The Morgan fingerprint density at radius 3 is 2.64 bits per heavy atom. The lowest BCUT2D eigenvalue weighted by molar-refractivity contribution is -0.143. The molecule has 0 unspecified atom stereocenters. The number of alkyl halides is 1. The molecule has 14 heavy (non-hydrogen) atoms. The molecule has 0 aliphatic heterocycles. The number of esters is 1. The van der Waals surface area contributed by atoms with Crippen LogP contribution in [0.3, 0.4) is 0 Å². The molecule has 2 nitrogen and oxygen atoms in total. The Bertz CT molecular complexity index is 272. The Morgan fingerprint density at radius 2 is 2.00 bits per heavy atom. The third-order valence-corrected chi connectivity index (χ3v) is 1.80. The van der Waals surface area contributed by atoms with Gasteiger partial charge in [-0.2, -0.15) is 0 Å². The lowest BCUT2D eigenvalue weighted by Gasteiger charge is -2.01. The molecular formula is C11H13FO2. The molecule has 0 saturated heterocycles. The molecule has 0 heterocycles. The van der Waals surface area contributed by atoms with Gasteiger partial charge in [-0.25, -0.2) is 4.39 Å². The molecule has 0 spiro atoms. The molecule has 1 aromatic carbocycles. The van der Waals surface area contributed by atoms with Gasteiger partial charge in [0.15, 0.2) is 0 Å². The van der Waals surface area contributed by atoms with Crippen LogP contribution in [0.2, 0.25) is 0 Å². The minimum absolute atomic E-state index is 0.131. The van der Waals surface area contributed by atoms with Crippen molar-refractivity contribution in [3.63, 3.8) is 0 Å². The summed E-state index contributed by atoms with van der Waals surface area (Å²) in [4.78, 5) is 11.0. The minimum atomic E-state index is -0.614. The van der Waals surface area contributed by atoms with Gasteiger partial charge in [-0.15, -0.1) is 0 Å². The van der Waals surface area contributed by atoms with Crippen molar-refractivity contribution in [1.29, 1.82) is 0 Å². The van der Waals surface area contributed by atoms with Crippen LogP contribution < -0.4 is 0 Å². The Morgan fingerprint density at radius 1 is 1.29 bits per heavy atom. The minimum Gasteiger partial charge on any atom is -0.463 e. The summed E-state index contributed by atoms with van der Waals surface area (Å²) in [5, 5.41) is 0. The van der Waals surface area contributed by atoms with Crippen molar-refractivity contribution in [3.8, 4) is 0 Å². The summed E-state index contributed by atoms with van der Waals surface area (Å²) in [5.41, 5.74) is 1.09. The van der Waals surface area contributed by atoms with E-state index >= 15 is 0 Å². The van der Waals surface area contributed by atoms with Crippen molar-refractivity contribution in [1.82, 2.24) is 0 Å². The number of halogens is 1. The lowest BCUT2D eigenvalue weighted by Crippen LogP contribution is -2.07. The molecule has 1 aromatic rings. The monoisotopic (exact) mass is 196 g/mol. The van der Waals surface area contributed by atoms with E-state index in [1.807, 2.05) is 30.3 Å². The molecule has 0 radical (unpaired) electrons. The predicted molar refractivity (Wildman–Crippen MR) is 51.7 cm³/mol. The Hall–Kier alpha value is -1.38. The lowest BCUT2D eigenvalue weighted by atomic mass is 10.1. The number of hydrogen-bond acceptors (Lipinski definition) is 2. The second kappa shape index (κ2) is 6.13. The molecule has 0 bridgehead atoms. The number of ether oxygens (including phenoxy) is 1. The summed E-state index contributed by atoms with van der Waals surface area (Å²) in [6.07, 6.45) is 0.954. The maximum Gasteiger partial charge on any atom is 0.306 e. The number of hydrogen-bond donors (Lipinski definition) is 0. The molecule has 0 N–H and O–H groups in total. The van der Waals surface area contributed by atoms with Crippen LogP contribution >= 0.6 is 0 Å². The molecule has 0 aromatic heterocycles. The zero-order chi connectivity index (χ0) is 10.2. The molecule has 0 saturated carbocycles. The highest BCUT2D eigenvalue weighted by molar-refractivity contribution is 5.69. The first kappa shape index (κ1) is 10.7. The van der Waals surface area contributed by atoms with Crippen molar-refractivity contribution in [2.75, 3.05) is 13.3 Å². The van der Waals surface area contributed by atoms with Crippen LogP contribution in [0.4, 0.5) is 4.39 Å². The number of rotatable bonds is 5. The Kier molecular flexibility index (Phi) is 4.69. The summed E-state index contributed by atoms with van der Waals surface area (Å²) in [6, 6.07) is 9.65. The average Bonchev–Trinajstić information content (AvgIpc) is 2.25. The van der Waals surface area contributed by atoms with Crippen LogP contribution in [0.25, 0.3) is 0 Å². The van der Waals surface area contributed by atoms with Crippen LogP contribution in [-0.2, 0) is 16.0 Å². The van der Waals surface area contributed by atoms with Crippen molar-refractivity contribution in [2.45, 2.75) is 12.8 Å². The van der Waals surface area contributed by atoms with Crippen LogP contribution in [0.15, 0.2) is 30.3 Å². The summed E-state index contributed by atoms with van der Waals surface area (Å²) < 4.78 is 16.2. The maximum atomic E-state index is 11.6. The van der Waals surface area contributed by atoms with E-state index in [4.69, 9.17) is 0 Å². The summed E-state index contributed by atoms with van der Waals surface area (Å²) in [7, 11) is 0. The second-order valence-corrected chi connectivity index (χ2v) is 2.90. The van der Waals surface area contributed by atoms with Crippen LogP contribution in [0.1, 0.15) is 12.0 Å². The van der Waals surface area contributed by atoms with E-state index in [0.29, 0.717) is 12.8 Å². The number of benzene rings is 1. The van der Waals surface area contributed by atoms with E-state index in [1.165, 1.54) is 0 Å². The molecule has 0 aliphatic carbocycles. The number of aryl methyl sites for hydroxylation is 1. The molecule has 0 aliphatic rings. The molecule has 0 amide bonds. The van der Waals surface area contributed by atoms with Crippen molar-refractivity contribution < 1.29 is 13.9 Å². The van der Waals surface area contributed by atoms with E-state index in [1.54, 1.807) is 0 Å². The largest absolute Gasteiger partial charge is 0.463 e. The molecule has 76 valence electrons. The highest BCUT2D eigenvalue weighted by Crippen LogP contribution is 2.02. The molecule has 0 fully saturated rings. The van der Waals surface area contributed by atoms with Gasteiger partial charge in [0.25, 0.3) is 0 Å². The van der Waals surface area contributed by atoms with Crippen molar-refractivity contribution in [3.05, 3.63) is 35.9 Å². The predicted octanol–water partition coefficient (Wildman–Crippen LogP) is 2.13. The molecule has 1 rings (SSSR count). The van der Waals surface area contributed by atoms with Crippen LogP contribution in [-0.4, -0.2) is 19.3 Å². The van der Waals surface area contributed by atoms with Gasteiger partial charge >= 0.3 is 5.97 Å². The number of carbonyl (C=O) groups excluding carboxylic acids is 1. The smallest absolute Gasteiger partial charge is 0.306 e. The molecule has 0 atom stereocenters. The summed E-state index contributed by atoms with van der Waals surface area (Å²) >= 11 is 0. The normalized spacial score (nSPS) is 9.79. The second-order valence-electron chi connectivity index (χ2n) is 2.90.